The molecule has 2 aliphatic heterocycles. The monoisotopic (exact) mass is 240 g/mol. The van der Waals surface area contributed by atoms with Crippen LogP contribution in [0, 0.1) is 5.92 Å². The molecule has 2 saturated heterocycles. The van der Waals surface area contributed by atoms with Crippen LogP contribution in [0.3, 0.4) is 0 Å². The molecular formula is C14H28N2O. The third-order valence-corrected chi connectivity index (χ3v) is 4.49. The molecule has 2 aliphatic rings. The van der Waals surface area contributed by atoms with E-state index in [1.807, 2.05) is 0 Å². The standard InChI is InChI=1S/C14H28N2O/c1-11-10-16(7-5-13(11)15-4)12-6-8-17-14(2,3)9-12/h11-13,15H,5-10H2,1-4H3. The van der Waals surface area contributed by atoms with Crippen molar-refractivity contribution in [3.05, 3.63) is 0 Å². The molecule has 0 aromatic rings. The molecule has 2 rings (SSSR count). The predicted octanol–water partition coefficient (Wildman–Crippen LogP) is 1.87. The van der Waals surface area contributed by atoms with Gasteiger partial charge in [-0.15, -0.1) is 0 Å². The quantitative estimate of drug-likeness (QED) is 0.797. The van der Waals surface area contributed by atoms with E-state index in [0.29, 0.717) is 6.04 Å². The van der Waals surface area contributed by atoms with Gasteiger partial charge in [-0.25, -0.2) is 0 Å². The summed E-state index contributed by atoms with van der Waals surface area (Å²) < 4.78 is 5.82. The molecule has 0 spiro atoms. The number of likely N-dealkylation sites (tertiary alicyclic amines) is 1. The molecular weight excluding hydrogens is 212 g/mol. The Morgan fingerprint density at radius 1 is 1.29 bits per heavy atom. The highest BCUT2D eigenvalue weighted by molar-refractivity contribution is 4.90. The first-order valence-corrected chi connectivity index (χ1v) is 7.07. The maximum atomic E-state index is 5.82. The van der Waals surface area contributed by atoms with Crippen molar-refractivity contribution in [2.24, 2.45) is 5.92 Å². The molecule has 3 heteroatoms. The van der Waals surface area contributed by atoms with E-state index in [1.54, 1.807) is 0 Å². The molecule has 3 nitrogen and oxygen atoms in total. The molecule has 2 fully saturated rings. The first-order chi connectivity index (χ1) is 8.02. The normalized spacial score (nSPS) is 39.2. The fraction of sp³-hybridized carbons (Fsp3) is 1.00. The third-order valence-electron chi connectivity index (χ3n) is 4.49. The Labute approximate surface area is 106 Å². The Hall–Kier alpha value is -0.120. The Morgan fingerprint density at radius 3 is 2.65 bits per heavy atom. The van der Waals surface area contributed by atoms with Crippen molar-refractivity contribution in [3.8, 4) is 0 Å². The van der Waals surface area contributed by atoms with Crippen molar-refractivity contribution in [2.45, 2.75) is 57.7 Å². The highest BCUT2D eigenvalue weighted by Crippen LogP contribution is 2.30. The fourth-order valence-electron chi connectivity index (χ4n) is 3.45. The molecule has 2 heterocycles. The summed E-state index contributed by atoms with van der Waals surface area (Å²) in [7, 11) is 2.09. The number of nitrogens with zero attached hydrogens (tertiary/aromatic N) is 1. The molecule has 0 bridgehead atoms. The van der Waals surface area contributed by atoms with Crippen LogP contribution in [0.15, 0.2) is 0 Å². The second-order valence-corrected chi connectivity index (χ2v) is 6.41. The van der Waals surface area contributed by atoms with Crippen molar-refractivity contribution in [2.75, 3.05) is 26.7 Å². The molecule has 100 valence electrons. The van der Waals surface area contributed by atoms with Gasteiger partial charge in [0.25, 0.3) is 0 Å². The zero-order valence-corrected chi connectivity index (χ0v) is 11.8. The second kappa shape index (κ2) is 5.25. The van der Waals surface area contributed by atoms with Gasteiger partial charge in [-0.3, -0.25) is 4.90 Å². The van der Waals surface area contributed by atoms with Crippen molar-refractivity contribution >= 4 is 0 Å². The van der Waals surface area contributed by atoms with Gasteiger partial charge in [0, 0.05) is 25.2 Å². The lowest BCUT2D eigenvalue weighted by Gasteiger charge is -2.45. The number of hydrogen-bond acceptors (Lipinski definition) is 3. The maximum absolute atomic E-state index is 5.82. The molecule has 0 saturated carbocycles. The van der Waals surface area contributed by atoms with E-state index in [1.165, 1.54) is 32.4 Å². The molecule has 0 aromatic heterocycles. The molecule has 1 N–H and O–H groups in total. The van der Waals surface area contributed by atoms with Crippen LogP contribution < -0.4 is 5.32 Å². The molecule has 17 heavy (non-hydrogen) atoms. The molecule has 0 radical (unpaired) electrons. The highest BCUT2D eigenvalue weighted by atomic mass is 16.5. The zero-order valence-electron chi connectivity index (χ0n) is 11.8. The smallest absolute Gasteiger partial charge is 0.0641 e. The number of nitrogens with one attached hydrogen (secondary N) is 1. The summed E-state index contributed by atoms with van der Waals surface area (Å²) in [5.41, 5.74) is 0.0754. The maximum Gasteiger partial charge on any atom is 0.0641 e. The van der Waals surface area contributed by atoms with Gasteiger partial charge >= 0.3 is 0 Å². The minimum atomic E-state index is 0.0754. The van der Waals surface area contributed by atoms with Crippen LogP contribution in [0.4, 0.5) is 0 Å². The predicted molar refractivity (Wildman–Crippen MR) is 71.3 cm³/mol. The Kier molecular flexibility index (Phi) is 4.11. The average Bonchev–Trinajstić information content (AvgIpc) is 2.27. The van der Waals surface area contributed by atoms with Gasteiger partial charge in [-0.1, -0.05) is 6.92 Å². The van der Waals surface area contributed by atoms with E-state index >= 15 is 0 Å². The Morgan fingerprint density at radius 2 is 2.06 bits per heavy atom. The van der Waals surface area contributed by atoms with Crippen LogP contribution in [0.1, 0.15) is 40.0 Å². The Balaban J connectivity index is 1.91. The summed E-state index contributed by atoms with van der Waals surface area (Å²) in [6, 6.07) is 1.44. The van der Waals surface area contributed by atoms with Crippen LogP contribution in [-0.2, 0) is 4.74 Å². The zero-order chi connectivity index (χ0) is 12.5. The highest BCUT2D eigenvalue weighted by Gasteiger charge is 2.35. The van der Waals surface area contributed by atoms with Gasteiger partial charge in [0.15, 0.2) is 0 Å². The molecule has 0 amide bonds. The summed E-state index contributed by atoms with van der Waals surface area (Å²) in [4.78, 5) is 2.70. The summed E-state index contributed by atoms with van der Waals surface area (Å²) in [6.07, 6.45) is 3.68. The summed E-state index contributed by atoms with van der Waals surface area (Å²) in [5.74, 6) is 0.764. The lowest BCUT2D eigenvalue weighted by atomic mass is 9.88. The third kappa shape index (κ3) is 3.21. The van der Waals surface area contributed by atoms with Gasteiger partial charge in [-0.2, -0.15) is 0 Å². The van der Waals surface area contributed by atoms with Crippen LogP contribution in [-0.4, -0.2) is 49.3 Å². The van der Waals surface area contributed by atoms with Crippen molar-refractivity contribution in [3.63, 3.8) is 0 Å². The fourth-order valence-corrected chi connectivity index (χ4v) is 3.45. The second-order valence-electron chi connectivity index (χ2n) is 6.41. The number of hydrogen-bond donors (Lipinski definition) is 1. The average molecular weight is 240 g/mol. The molecule has 0 aromatic carbocycles. The first kappa shape index (κ1) is 13.3. The largest absolute Gasteiger partial charge is 0.375 e. The number of ether oxygens (including phenoxy) is 1. The number of rotatable bonds is 2. The molecule has 3 unspecified atom stereocenters. The summed E-state index contributed by atoms with van der Waals surface area (Å²) in [5, 5.41) is 3.44. The minimum absolute atomic E-state index is 0.0754. The Bertz CT molecular complexity index is 255. The van der Waals surface area contributed by atoms with E-state index < -0.39 is 0 Å². The first-order valence-electron chi connectivity index (χ1n) is 7.07. The van der Waals surface area contributed by atoms with Gasteiger partial charge in [0.1, 0.15) is 0 Å². The lowest BCUT2D eigenvalue weighted by Crippen LogP contribution is -2.53. The van der Waals surface area contributed by atoms with E-state index in [2.05, 4.69) is 38.0 Å². The van der Waals surface area contributed by atoms with Gasteiger partial charge < -0.3 is 10.1 Å². The molecule has 0 aliphatic carbocycles. The minimum Gasteiger partial charge on any atom is -0.375 e. The topological polar surface area (TPSA) is 24.5 Å². The van der Waals surface area contributed by atoms with Gasteiger partial charge in [0.2, 0.25) is 0 Å². The summed E-state index contributed by atoms with van der Waals surface area (Å²) in [6.45, 7) is 10.2. The van der Waals surface area contributed by atoms with Crippen LogP contribution in [0.25, 0.3) is 0 Å². The van der Waals surface area contributed by atoms with Crippen LogP contribution in [0.2, 0.25) is 0 Å². The van der Waals surface area contributed by atoms with Crippen LogP contribution in [0.5, 0.6) is 0 Å². The molecule has 3 atom stereocenters. The van der Waals surface area contributed by atoms with E-state index in [4.69, 9.17) is 4.74 Å². The van der Waals surface area contributed by atoms with E-state index in [9.17, 15) is 0 Å². The van der Waals surface area contributed by atoms with E-state index in [0.717, 1.165) is 18.6 Å². The van der Waals surface area contributed by atoms with Crippen molar-refractivity contribution < 1.29 is 4.74 Å². The number of piperidine rings is 1. The van der Waals surface area contributed by atoms with Crippen molar-refractivity contribution in [1.29, 1.82) is 0 Å². The van der Waals surface area contributed by atoms with E-state index in [-0.39, 0.29) is 5.60 Å². The van der Waals surface area contributed by atoms with Crippen molar-refractivity contribution in [1.82, 2.24) is 10.2 Å². The van der Waals surface area contributed by atoms with Crippen LogP contribution >= 0.6 is 0 Å². The SMILES string of the molecule is CNC1CCN(C2CCOC(C)(C)C2)CC1C. The van der Waals surface area contributed by atoms with Gasteiger partial charge in [0.05, 0.1) is 5.60 Å². The lowest BCUT2D eigenvalue weighted by molar-refractivity contribution is -0.0886. The van der Waals surface area contributed by atoms with Gasteiger partial charge in [-0.05, 0) is 52.6 Å². The summed E-state index contributed by atoms with van der Waals surface area (Å²) >= 11 is 0.